The van der Waals surface area contributed by atoms with E-state index >= 15 is 0 Å². The molecule has 0 aliphatic rings. The molecule has 0 unspecified atom stereocenters. The minimum atomic E-state index is -1.10. The summed E-state index contributed by atoms with van der Waals surface area (Å²) in [4.78, 5) is 0. The second-order valence-electron chi connectivity index (χ2n) is 10.1. The van der Waals surface area contributed by atoms with Gasteiger partial charge in [-0.3, -0.25) is 0 Å². The van der Waals surface area contributed by atoms with Gasteiger partial charge >= 0.3 is 0 Å². The molecule has 128 valence electrons. The summed E-state index contributed by atoms with van der Waals surface area (Å²) in [6.07, 6.45) is 2.49. The van der Waals surface area contributed by atoms with E-state index in [2.05, 4.69) is 67.7 Å². The molecule has 0 rings (SSSR count). The Morgan fingerprint density at radius 3 is 1.14 bits per heavy atom. The maximum atomic E-state index is 5.89. The van der Waals surface area contributed by atoms with Gasteiger partial charge in [-0.25, -0.2) is 0 Å². The number of hydrogen-bond acceptors (Lipinski definition) is 1. The third kappa shape index (κ3) is 7.47. The molecule has 0 radical (unpaired) electrons. The zero-order valence-corrected chi connectivity index (χ0v) is 18.7. The SMILES string of the molecule is CC(C)(C)[Si](C)(C)CCCOCCC[Si](C)(C)C(C)(C)C. The number of rotatable bonds is 8. The lowest BCUT2D eigenvalue weighted by Crippen LogP contribution is -2.37. The van der Waals surface area contributed by atoms with Crippen LogP contribution in [0.25, 0.3) is 0 Å². The second kappa shape index (κ2) is 7.78. The molecule has 3 heteroatoms. The summed E-state index contributed by atoms with van der Waals surface area (Å²) in [5, 5.41) is 1.02. The fraction of sp³-hybridized carbons (Fsp3) is 1.00. The Morgan fingerprint density at radius 1 is 0.619 bits per heavy atom. The van der Waals surface area contributed by atoms with E-state index in [1.165, 1.54) is 24.9 Å². The standard InChI is InChI=1S/C18H42OSi2/c1-17(2,3)20(7,8)15-11-13-19-14-12-16-21(9,10)18(4,5)6/h11-16H2,1-10H3. The number of hydrogen-bond donors (Lipinski definition) is 0. The third-order valence-electron chi connectivity index (χ3n) is 6.24. The predicted molar refractivity (Wildman–Crippen MR) is 104 cm³/mol. The number of ether oxygens (including phenoxy) is 1. The van der Waals surface area contributed by atoms with Crippen LogP contribution in [0.5, 0.6) is 0 Å². The molecule has 0 saturated carbocycles. The maximum absolute atomic E-state index is 5.89. The van der Waals surface area contributed by atoms with Crippen LogP contribution >= 0.6 is 0 Å². The van der Waals surface area contributed by atoms with Crippen LogP contribution in [0.4, 0.5) is 0 Å². The van der Waals surface area contributed by atoms with E-state index < -0.39 is 16.1 Å². The van der Waals surface area contributed by atoms with Crippen molar-refractivity contribution in [2.75, 3.05) is 13.2 Å². The van der Waals surface area contributed by atoms with Gasteiger partial charge in [0.2, 0.25) is 0 Å². The van der Waals surface area contributed by atoms with Crippen LogP contribution in [0.2, 0.25) is 48.4 Å². The zero-order chi connectivity index (χ0) is 16.9. The molecule has 0 aromatic heterocycles. The molecule has 0 amide bonds. The van der Waals surface area contributed by atoms with E-state index in [0.29, 0.717) is 10.1 Å². The van der Waals surface area contributed by atoms with Gasteiger partial charge in [-0.2, -0.15) is 0 Å². The first-order chi connectivity index (χ1) is 9.21. The van der Waals surface area contributed by atoms with E-state index in [0.717, 1.165) is 13.2 Å². The lowest BCUT2D eigenvalue weighted by Gasteiger charge is -2.37. The van der Waals surface area contributed by atoms with Crippen molar-refractivity contribution in [1.82, 2.24) is 0 Å². The minimum absolute atomic E-state index is 0.509. The smallest absolute Gasteiger partial charge is 0.0528 e. The van der Waals surface area contributed by atoms with Crippen LogP contribution in [0, 0.1) is 0 Å². The molecule has 0 aromatic rings. The van der Waals surface area contributed by atoms with Crippen LogP contribution in [0.1, 0.15) is 54.4 Å². The summed E-state index contributed by atoms with van der Waals surface area (Å²) < 4.78 is 5.89. The largest absolute Gasteiger partial charge is 0.381 e. The van der Waals surface area contributed by atoms with Gasteiger partial charge in [0.15, 0.2) is 0 Å². The Balaban J connectivity index is 3.81. The average Bonchev–Trinajstić information content (AvgIpc) is 2.24. The van der Waals surface area contributed by atoms with Crippen molar-refractivity contribution in [2.24, 2.45) is 0 Å². The average molecular weight is 331 g/mol. The Kier molecular flexibility index (Phi) is 7.93. The van der Waals surface area contributed by atoms with Gasteiger partial charge in [-0.15, -0.1) is 0 Å². The minimum Gasteiger partial charge on any atom is -0.381 e. The van der Waals surface area contributed by atoms with E-state index in [-0.39, 0.29) is 0 Å². The van der Waals surface area contributed by atoms with Crippen molar-refractivity contribution < 1.29 is 4.74 Å². The molecule has 1 nitrogen and oxygen atoms in total. The fourth-order valence-electron chi connectivity index (χ4n) is 2.08. The van der Waals surface area contributed by atoms with Crippen LogP contribution in [0.3, 0.4) is 0 Å². The molecule has 0 saturated heterocycles. The molecule has 0 aliphatic carbocycles. The van der Waals surface area contributed by atoms with Crippen molar-refractivity contribution in [2.45, 2.75) is 103 Å². The monoisotopic (exact) mass is 330 g/mol. The first-order valence-corrected chi connectivity index (χ1v) is 15.2. The zero-order valence-electron chi connectivity index (χ0n) is 16.7. The fourth-order valence-corrected chi connectivity index (χ4v) is 5.64. The first-order valence-electron chi connectivity index (χ1n) is 8.78. The lowest BCUT2D eigenvalue weighted by molar-refractivity contribution is 0.135. The van der Waals surface area contributed by atoms with Crippen molar-refractivity contribution in [1.29, 1.82) is 0 Å². The lowest BCUT2D eigenvalue weighted by atomic mass is 10.2. The Labute approximate surface area is 137 Å². The molecule has 0 bridgehead atoms. The molecule has 0 atom stereocenters. The summed E-state index contributed by atoms with van der Waals surface area (Å²) in [5.41, 5.74) is 0. The highest BCUT2D eigenvalue weighted by Crippen LogP contribution is 2.40. The van der Waals surface area contributed by atoms with Crippen LogP contribution < -0.4 is 0 Å². The molecular weight excluding hydrogens is 288 g/mol. The van der Waals surface area contributed by atoms with Gasteiger partial charge in [-0.05, 0) is 22.9 Å². The van der Waals surface area contributed by atoms with Crippen molar-refractivity contribution in [3.8, 4) is 0 Å². The molecular formula is C18H42OSi2. The first kappa shape index (κ1) is 21.4. The topological polar surface area (TPSA) is 9.23 Å². The van der Waals surface area contributed by atoms with Crippen LogP contribution in [-0.4, -0.2) is 29.4 Å². The maximum Gasteiger partial charge on any atom is 0.0528 e. The summed E-state index contributed by atoms with van der Waals surface area (Å²) >= 11 is 0. The van der Waals surface area contributed by atoms with E-state index in [1.807, 2.05) is 0 Å². The Hall–Kier alpha value is 0.394. The van der Waals surface area contributed by atoms with Crippen LogP contribution in [-0.2, 0) is 4.74 Å². The molecule has 0 N–H and O–H groups in total. The Morgan fingerprint density at radius 2 is 0.905 bits per heavy atom. The van der Waals surface area contributed by atoms with Gasteiger partial charge in [-0.1, -0.05) is 79.8 Å². The molecule has 0 spiro atoms. The van der Waals surface area contributed by atoms with E-state index in [4.69, 9.17) is 4.74 Å². The van der Waals surface area contributed by atoms with E-state index in [1.54, 1.807) is 0 Å². The molecule has 21 heavy (non-hydrogen) atoms. The summed E-state index contributed by atoms with van der Waals surface area (Å²) in [6.45, 7) is 26.4. The van der Waals surface area contributed by atoms with Crippen molar-refractivity contribution in [3.05, 3.63) is 0 Å². The third-order valence-corrected chi connectivity index (χ3v) is 17.6. The normalized spacial score (nSPS) is 14.6. The molecule has 0 heterocycles. The highest BCUT2D eigenvalue weighted by Gasteiger charge is 2.35. The van der Waals surface area contributed by atoms with Gasteiger partial charge in [0.05, 0.1) is 16.1 Å². The summed E-state index contributed by atoms with van der Waals surface area (Å²) in [7, 11) is -2.20. The Bertz CT molecular complexity index is 265. The van der Waals surface area contributed by atoms with Gasteiger partial charge in [0, 0.05) is 13.2 Å². The predicted octanol–water partition coefficient (Wildman–Crippen LogP) is 6.80. The van der Waals surface area contributed by atoms with Gasteiger partial charge in [0.1, 0.15) is 0 Å². The summed E-state index contributed by atoms with van der Waals surface area (Å²) in [6, 6.07) is 2.78. The van der Waals surface area contributed by atoms with Crippen molar-refractivity contribution >= 4 is 16.1 Å². The summed E-state index contributed by atoms with van der Waals surface area (Å²) in [5.74, 6) is 0. The van der Waals surface area contributed by atoms with Gasteiger partial charge in [0.25, 0.3) is 0 Å². The highest BCUT2D eigenvalue weighted by atomic mass is 28.3. The molecule has 0 fully saturated rings. The molecule has 0 aliphatic heterocycles. The highest BCUT2D eigenvalue weighted by molar-refractivity contribution is 6.80. The second-order valence-corrected chi connectivity index (χ2v) is 21.6. The van der Waals surface area contributed by atoms with Crippen molar-refractivity contribution in [3.63, 3.8) is 0 Å². The quantitative estimate of drug-likeness (QED) is 0.351. The van der Waals surface area contributed by atoms with E-state index in [9.17, 15) is 0 Å². The molecule has 0 aromatic carbocycles. The van der Waals surface area contributed by atoms with Crippen LogP contribution in [0.15, 0.2) is 0 Å². The van der Waals surface area contributed by atoms with Gasteiger partial charge < -0.3 is 4.74 Å².